The highest BCUT2D eigenvalue weighted by atomic mass is 127. The van der Waals surface area contributed by atoms with E-state index in [1.807, 2.05) is 6.07 Å². The minimum absolute atomic E-state index is 0.288. The van der Waals surface area contributed by atoms with E-state index in [0.29, 0.717) is 11.3 Å². The highest BCUT2D eigenvalue weighted by Gasteiger charge is 2.08. The van der Waals surface area contributed by atoms with Crippen LogP contribution in [0.2, 0.25) is 0 Å². The lowest BCUT2D eigenvalue weighted by Crippen LogP contribution is -2.17. The van der Waals surface area contributed by atoms with Crippen LogP contribution in [0, 0.1) is 3.77 Å². The van der Waals surface area contributed by atoms with Gasteiger partial charge in [-0.15, -0.1) is 0 Å². The zero-order chi connectivity index (χ0) is 13.8. The Labute approximate surface area is 140 Å². The highest BCUT2D eigenvalue weighted by Crippen LogP contribution is 2.22. The minimum atomic E-state index is -0.288. The highest BCUT2D eigenvalue weighted by molar-refractivity contribution is 14.1. The predicted molar refractivity (Wildman–Crippen MR) is 88.3 cm³/mol. The fourth-order valence-corrected chi connectivity index (χ4v) is 2.47. The normalized spacial score (nSPS) is 10.9. The molecule has 0 spiro atoms. The summed E-state index contributed by atoms with van der Waals surface area (Å²) in [5, 5.41) is 3.85. The van der Waals surface area contributed by atoms with E-state index in [0.717, 1.165) is 12.7 Å². The molecule has 1 amide bonds. The monoisotopic (exact) mass is 496 g/mol. The molecular weight excluding hydrogens is 491 g/mol. The first-order valence-corrected chi connectivity index (χ1v) is 7.77. The summed E-state index contributed by atoms with van der Waals surface area (Å²) in [4.78, 5) is 11.8. The van der Waals surface area contributed by atoms with Crippen molar-refractivity contribution in [3.8, 4) is 0 Å². The minimum Gasteiger partial charge on any atom is -0.448 e. The van der Waals surface area contributed by atoms with Gasteiger partial charge in [0.1, 0.15) is 5.76 Å². The Balaban J connectivity index is 2.03. The third kappa shape index (κ3) is 3.90. The number of furan rings is 1. The average molecular weight is 498 g/mol. The van der Waals surface area contributed by atoms with Gasteiger partial charge >= 0.3 is 0 Å². The van der Waals surface area contributed by atoms with Crippen LogP contribution in [0.25, 0.3) is 0 Å². The van der Waals surface area contributed by atoms with Crippen LogP contribution in [-0.2, 0) is 0 Å². The van der Waals surface area contributed by atoms with E-state index < -0.39 is 0 Å². The van der Waals surface area contributed by atoms with E-state index in [2.05, 4.69) is 65.0 Å². The Morgan fingerprint density at radius 1 is 1.32 bits per heavy atom. The van der Waals surface area contributed by atoms with Crippen LogP contribution in [0.1, 0.15) is 16.1 Å². The molecule has 7 heteroatoms. The van der Waals surface area contributed by atoms with Gasteiger partial charge in [-0.05, 0) is 44.0 Å². The fourth-order valence-electron chi connectivity index (χ4n) is 1.29. The Morgan fingerprint density at radius 3 is 2.68 bits per heavy atom. The average Bonchev–Trinajstić information content (AvgIpc) is 2.69. The molecule has 2 aromatic rings. The van der Waals surface area contributed by atoms with Gasteiger partial charge in [-0.1, -0.05) is 12.1 Å². The van der Waals surface area contributed by atoms with E-state index in [4.69, 9.17) is 4.42 Å². The molecule has 2 rings (SSSR count). The lowest BCUT2D eigenvalue weighted by atomic mass is 10.2. The van der Waals surface area contributed by atoms with Gasteiger partial charge in [0, 0.05) is 33.1 Å². The SMILES string of the molecule is O=C(NN=Cc1cc(Br)c(I)o1)c1ccccc1Br. The molecule has 0 radical (unpaired) electrons. The second kappa shape index (κ2) is 6.67. The maximum Gasteiger partial charge on any atom is 0.272 e. The molecule has 4 nitrogen and oxygen atoms in total. The van der Waals surface area contributed by atoms with E-state index in [9.17, 15) is 4.79 Å². The number of halogens is 3. The molecule has 0 bridgehead atoms. The summed E-state index contributed by atoms with van der Waals surface area (Å²) in [5.41, 5.74) is 2.96. The Kier molecular flexibility index (Phi) is 5.17. The first-order valence-electron chi connectivity index (χ1n) is 5.10. The molecule has 0 fully saturated rings. The molecule has 0 saturated carbocycles. The predicted octanol–water partition coefficient (Wildman–Crippen LogP) is 4.17. The molecular formula is C12H7Br2IN2O2. The van der Waals surface area contributed by atoms with Crippen molar-refractivity contribution in [2.24, 2.45) is 5.10 Å². The molecule has 0 aliphatic carbocycles. The second-order valence-electron chi connectivity index (χ2n) is 3.45. The number of hydrogen-bond acceptors (Lipinski definition) is 3. The maximum atomic E-state index is 11.8. The van der Waals surface area contributed by atoms with Crippen LogP contribution >= 0.6 is 54.5 Å². The standard InChI is InChI=1S/C12H7Br2IN2O2/c13-9-4-2-1-3-8(9)12(18)17-16-6-7-5-10(14)11(15)19-7/h1-6H,(H,17,18). The molecule has 1 heterocycles. The summed E-state index contributed by atoms with van der Waals surface area (Å²) in [6.45, 7) is 0. The molecule has 0 aliphatic rings. The van der Waals surface area contributed by atoms with Crippen molar-refractivity contribution in [1.82, 2.24) is 5.43 Å². The third-order valence-corrected chi connectivity index (χ3v) is 4.96. The van der Waals surface area contributed by atoms with Gasteiger partial charge in [0.25, 0.3) is 5.91 Å². The summed E-state index contributed by atoms with van der Waals surface area (Å²) in [5.74, 6) is 0.271. The maximum absolute atomic E-state index is 11.8. The first-order chi connectivity index (χ1) is 9.08. The lowest BCUT2D eigenvalue weighted by molar-refractivity contribution is 0.0954. The number of carbonyl (C=O) groups is 1. The summed E-state index contributed by atoms with van der Waals surface area (Å²) < 4.78 is 7.66. The van der Waals surface area contributed by atoms with Crippen molar-refractivity contribution >= 4 is 66.6 Å². The van der Waals surface area contributed by atoms with Crippen molar-refractivity contribution in [1.29, 1.82) is 0 Å². The van der Waals surface area contributed by atoms with Crippen molar-refractivity contribution in [2.75, 3.05) is 0 Å². The first kappa shape index (κ1) is 14.7. The number of rotatable bonds is 3. The summed E-state index contributed by atoms with van der Waals surface area (Å²) in [7, 11) is 0. The summed E-state index contributed by atoms with van der Waals surface area (Å²) in [6.07, 6.45) is 1.45. The van der Waals surface area contributed by atoms with E-state index >= 15 is 0 Å². The molecule has 98 valence electrons. The molecule has 0 unspecified atom stereocenters. The van der Waals surface area contributed by atoms with Crippen molar-refractivity contribution in [3.05, 3.63) is 54.4 Å². The van der Waals surface area contributed by atoms with Gasteiger partial charge in [-0.25, -0.2) is 5.43 Å². The molecule has 1 aromatic heterocycles. The molecule has 0 saturated heterocycles. The van der Waals surface area contributed by atoms with Gasteiger partial charge in [0.2, 0.25) is 0 Å². The van der Waals surface area contributed by atoms with Crippen LogP contribution in [0.4, 0.5) is 0 Å². The van der Waals surface area contributed by atoms with Gasteiger partial charge in [0.05, 0.1) is 16.3 Å². The lowest BCUT2D eigenvalue weighted by Gasteiger charge is -2.01. The number of nitrogens with zero attached hydrogens (tertiary/aromatic N) is 1. The molecule has 1 N–H and O–H groups in total. The van der Waals surface area contributed by atoms with Crippen molar-refractivity contribution in [3.63, 3.8) is 0 Å². The zero-order valence-corrected chi connectivity index (χ0v) is 14.7. The number of carbonyl (C=O) groups excluding carboxylic acids is 1. The zero-order valence-electron chi connectivity index (χ0n) is 9.36. The van der Waals surface area contributed by atoms with Crippen molar-refractivity contribution in [2.45, 2.75) is 0 Å². The van der Waals surface area contributed by atoms with Gasteiger partial charge in [0.15, 0.2) is 3.77 Å². The molecule has 19 heavy (non-hydrogen) atoms. The molecule has 0 atom stereocenters. The summed E-state index contributed by atoms with van der Waals surface area (Å²) >= 11 is 8.69. The van der Waals surface area contributed by atoms with Crippen LogP contribution in [0.5, 0.6) is 0 Å². The summed E-state index contributed by atoms with van der Waals surface area (Å²) in [6, 6.07) is 8.91. The quantitative estimate of drug-likeness (QED) is 0.393. The van der Waals surface area contributed by atoms with E-state index in [1.54, 1.807) is 24.3 Å². The number of hydrogen-bond donors (Lipinski definition) is 1. The third-order valence-electron chi connectivity index (χ3n) is 2.14. The largest absolute Gasteiger partial charge is 0.448 e. The number of hydrazone groups is 1. The fraction of sp³-hybridized carbons (Fsp3) is 0. The Bertz CT molecular complexity index is 621. The van der Waals surface area contributed by atoms with E-state index in [-0.39, 0.29) is 5.91 Å². The van der Waals surface area contributed by atoms with Gasteiger partial charge in [-0.3, -0.25) is 4.79 Å². The van der Waals surface area contributed by atoms with Crippen LogP contribution in [0.3, 0.4) is 0 Å². The van der Waals surface area contributed by atoms with E-state index in [1.165, 1.54) is 6.21 Å². The number of amides is 1. The van der Waals surface area contributed by atoms with Crippen LogP contribution < -0.4 is 5.43 Å². The smallest absolute Gasteiger partial charge is 0.272 e. The Morgan fingerprint density at radius 2 is 2.05 bits per heavy atom. The molecule has 1 aromatic carbocycles. The molecule has 0 aliphatic heterocycles. The number of benzene rings is 1. The Hall–Kier alpha value is -0.670. The van der Waals surface area contributed by atoms with Crippen LogP contribution in [-0.4, -0.2) is 12.1 Å². The topological polar surface area (TPSA) is 54.6 Å². The van der Waals surface area contributed by atoms with Crippen molar-refractivity contribution < 1.29 is 9.21 Å². The van der Waals surface area contributed by atoms with Gasteiger partial charge in [-0.2, -0.15) is 5.10 Å². The second-order valence-corrected chi connectivity index (χ2v) is 6.14. The van der Waals surface area contributed by atoms with Gasteiger partial charge < -0.3 is 4.42 Å². The number of nitrogens with one attached hydrogen (secondary N) is 1. The van der Waals surface area contributed by atoms with Crippen LogP contribution in [0.15, 0.2) is 48.8 Å².